The lowest BCUT2D eigenvalue weighted by atomic mass is 9.96. The summed E-state index contributed by atoms with van der Waals surface area (Å²) in [5.74, 6) is 0.725. The molecule has 0 spiro atoms. The van der Waals surface area contributed by atoms with Crippen LogP contribution in [0.25, 0.3) is 0 Å². The monoisotopic (exact) mass is 292 g/mol. The van der Waals surface area contributed by atoms with Crippen molar-refractivity contribution >= 4 is 11.7 Å². The molecule has 0 heterocycles. The quantitative estimate of drug-likeness (QED) is 0.792. The lowest BCUT2D eigenvalue weighted by Crippen LogP contribution is -2.39. The molecule has 2 amide bonds. The highest BCUT2D eigenvalue weighted by atomic mass is 16.5. The number of amides is 2. The molecule has 2 N–H and O–H groups in total. The molecule has 0 bridgehead atoms. The molecule has 0 aliphatic heterocycles. The van der Waals surface area contributed by atoms with Crippen LogP contribution in [0.1, 0.15) is 32.1 Å². The van der Waals surface area contributed by atoms with E-state index in [0.717, 1.165) is 24.3 Å². The first-order valence-electron chi connectivity index (χ1n) is 7.57. The maximum absolute atomic E-state index is 12.0. The Labute approximate surface area is 126 Å². The molecule has 1 aliphatic rings. The third kappa shape index (κ3) is 5.63. The van der Waals surface area contributed by atoms with Crippen molar-refractivity contribution in [2.24, 2.45) is 0 Å². The second-order valence-corrected chi connectivity index (χ2v) is 5.30. The van der Waals surface area contributed by atoms with Crippen molar-refractivity contribution in [3.05, 3.63) is 24.3 Å². The molecule has 1 aromatic rings. The van der Waals surface area contributed by atoms with Crippen LogP contribution < -0.4 is 15.4 Å². The lowest BCUT2D eigenvalue weighted by Gasteiger charge is -2.22. The minimum Gasteiger partial charge on any atom is -0.491 e. The van der Waals surface area contributed by atoms with Crippen molar-refractivity contribution in [1.29, 1.82) is 0 Å². The Morgan fingerprint density at radius 1 is 1.24 bits per heavy atom. The van der Waals surface area contributed by atoms with Crippen LogP contribution in [-0.2, 0) is 4.74 Å². The van der Waals surface area contributed by atoms with Gasteiger partial charge in [-0.2, -0.15) is 0 Å². The number of methoxy groups -OCH3 is 1. The first-order chi connectivity index (χ1) is 10.3. The van der Waals surface area contributed by atoms with Gasteiger partial charge in [0.1, 0.15) is 12.4 Å². The summed E-state index contributed by atoms with van der Waals surface area (Å²) >= 11 is 0. The van der Waals surface area contributed by atoms with E-state index in [9.17, 15) is 4.79 Å². The van der Waals surface area contributed by atoms with Gasteiger partial charge in [0.05, 0.1) is 6.61 Å². The van der Waals surface area contributed by atoms with E-state index in [1.165, 1.54) is 19.3 Å². The fraction of sp³-hybridized carbons (Fsp3) is 0.562. The van der Waals surface area contributed by atoms with Crippen LogP contribution in [0.4, 0.5) is 10.5 Å². The van der Waals surface area contributed by atoms with Crippen LogP contribution >= 0.6 is 0 Å². The number of carbonyl (C=O) groups is 1. The van der Waals surface area contributed by atoms with Crippen LogP contribution in [-0.4, -0.2) is 32.4 Å². The van der Waals surface area contributed by atoms with Gasteiger partial charge < -0.3 is 20.1 Å². The van der Waals surface area contributed by atoms with Crippen LogP contribution in [0.3, 0.4) is 0 Å². The third-order valence-corrected chi connectivity index (χ3v) is 3.59. The minimum atomic E-state index is -0.143. The van der Waals surface area contributed by atoms with Gasteiger partial charge in [-0.3, -0.25) is 0 Å². The topological polar surface area (TPSA) is 59.6 Å². The predicted octanol–water partition coefficient (Wildman–Crippen LogP) is 3.17. The summed E-state index contributed by atoms with van der Waals surface area (Å²) in [5.41, 5.74) is 0.734. The molecule has 2 rings (SSSR count). The molecular weight excluding hydrogens is 268 g/mol. The van der Waals surface area contributed by atoms with Gasteiger partial charge in [-0.25, -0.2) is 4.79 Å². The molecule has 0 radical (unpaired) electrons. The molecule has 0 saturated heterocycles. The van der Waals surface area contributed by atoms with Gasteiger partial charge in [0.15, 0.2) is 0 Å². The second-order valence-electron chi connectivity index (χ2n) is 5.30. The zero-order valence-electron chi connectivity index (χ0n) is 12.6. The zero-order chi connectivity index (χ0) is 14.9. The Balaban J connectivity index is 1.80. The first-order valence-corrected chi connectivity index (χ1v) is 7.57. The highest BCUT2D eigenvalue weighted by Crippen LogP contribution is 2.19. The van der Waals surface area contributed by atoms with Crippen molar-refractivity contribution in [3.63, 3.8) is 0 Å². The number of anilines is 1. The van der Waals surface area contributed by atoms with Crippen molar-refractivity contribution in [3.8, 4) is 5.75 Å². The van der Waals surface area contributed by atoms with Crippen LogP contribution in [0.2, 0.25) is 0 Å². The molecule has 1 saturated carbocycles. The maximum atomic E-state index is 12.0. The molecule has 1 fully saturated rings. The Bertz CT molecular complexity index is 445. The van der Waals surface area contributed by atoms with E-state index in [-0.39, 0.29) is 6.03 Å². The summed E-state index contributed by atoms with van der Waals surface area (Å²) in [6.07, 6.45) is 5.84. The standard InChI is InChI=1S/C16H24N2O3/c1-20-10-11-21-15-9-5-8-14(12-15)18-16(19)17-13-6-3-2-4-7-13/h5,8-9,12-13H,2-4,6-7,10-11H2,1H3,(H2,17,18,19). The SMILES string of the molecule is COCCOc1cccc(NC(=O)NC2CCCCC2)c1. The maximum Gasteiger partial charge on any atom is 0.319 e. The van der Waals surface area contributed by atoms with Crippen LogP contribution in [0.5, 0.6) is 5.75 Å². The van der Waals surface area contributed by atoms with Crippen molar-refractivity contribution in [1.82, 2.24) is 5.32 Å². The second kappa shape index (κ2) is 8.52. The number of urea groups is 1. The summed E-state index contributed by atoms with van der Waals surface area (Å²) < 4.78 is 10.5. The smallest absolute Gasteiger partial charge is 0.319 e. The molecule has 5 heteroatoms. The fourth-order valence-electron chi connectivity index (χ4n) is 2.51. The normalized spacial score (nSPS) is 15.5. The van der Waals surface area contributed by atoms with E-state index >= 15 is 0 Å². The highest BCUT2D eigenvalue weighted by Gasteiger charge is 2.15. The summed E-state index contributed by atoms with van der Waals surface area (Å²) in [5, 5.41) is 5.89. The van der Waals surface area contributed by atoms with E-state index < -0.39 is 0 Å². The Hall–Kier alpha value is -1.75. The van der Waals surface area contributed by atoms with Gasteiger partial charge in [-0.1, -0.05) is 25.3 Å². The molecule has 1 aliphatic carbocycles. The van der Waals surface area contributed by atoms with Gasteiger partial charge in [-0.05, 0) is 25.0 Å². The minimum absolute atomic E-state index is 0.143. The van der Waals surface area contributed by atoms with Crippen molar-refractivity contribution < 1.29 is 14.3 Å². The number of carbonyl (C=O) groups excluding carboxylic acids is 1. The molecular formula is C16H24N2O3. The molecule has 1 aromatic carbocycles. The average Bonchev–Trinajstić information content (AvgIpc) is 2.49. The summed E-state index contributed by atoms with van der Waals surface area (Å²) in [7, 11) is 1.64. The van der Waals surface area contributed by atoms with Crippen molar-refractivity contribution in [2.45, 2.75) is 38.1 Å². The van der Waals surface area contributed by atoms with E-state index in [1.54, 1.807) is 7.11 Å². The highest BCUT2D eigenvalue weighted by molar-refractivity contribution is 5.89. The van der Waals surface area contributed by atoms with E-state index in [1.807, 2.05) is 24.3 Å². The van der Waals surface area contributed by atoms with E-state index in [4.69, 9.17) is 9.47 Å². The zero-order valence-corrected chi connectivity index (χ0v) is 12.6. The third-order valence-electron chi connectivity index (χ3n) is 3.59. The van der Waals surface area contributed by atoms with Gasteiger partial charge in [0, 0.05) is 24.9 Å². The first kappa shape index (κ1) is 15.6. The van der Waals surface area contributed by atoms with Gasteiger partial charge in [-0.15, -0.1) is 0 Å². The molecule has 0 unspecified atom stereocenters. The summed E-state index contributed by atoms with van der Waals surface area (Å²) in [6, 6.07) is 7.55. The number of rotatable bonds is 6. The number of hydrogen-bond acceptors (Lipinski definition) is 3. The summed E-state index contributed by atoms with van der Waals surface area (Å²) in [6.45, 7) is 1.04. The number of ether oxygens (including phenoxy) is 2. The van der Waals surface area contributed by atoms with Crippen LogP contribution in [0.15, 0.2) is 24.3 Å². The molecule has 116 valence electrons. The molecule has 5 nitrogen and oxygen atoms in total. The van der Waals surface area contributed by atoms with E-state index in [0.29, 0.717) is 19.3 Å². The molecule has 0 atom stereocenters. The summed E-state index contributed by atoms with van der Waals surface area (Å²) in [4.78, 5) is 12.0. The van der Waals surface area contributed by atoms with Gasteiger partial charge >= 0.3 is 6.03 Å². The van der Waals surface area contributed by atoms with E-state index in [2.05, 4.69) is 10.6 Å². The Kier molecular flexibility index (Phi) is 6.34. The largest absolute Gasteiger partial charge is 0.491 e. The van der Waals surface area contributed by atoms with Gasteiger partial charge in [0.25, 0.3) is 0 Å². The average molecular weight is 292 g/mol. The van der Waals surface area contributed by atoms with Crippen molar-refractivity contribution in [2.75, 3.05) is 25.6 Å². The molecule has 0 aromatic heterocycles. The predicted molar refractivity (Wildman–Crippen MR) is 82.8 cm³/mol. The lowest BCUT2D eigenvalue weighted by molar-refractivity contribution is 0.146. The number of hydrogen-bond donors (Lipinski definition) is 2. The number of benzene rings is 1. The Morgan fingerprint density at radius 2 is 2.05 bits per heavy atom. The van der Waals surface area contributed by atoms with Crippen LogP contribution in [0, 0.1) is 0 Å². The number of nitrogens with one attached hydrogen (secondary N) is 2. The molecule has 21 heavy (non-hydrogen) atoms. The Morgan fingerprint density at radius 3 is 2.81 bits per heavy atom. The van der Waals surface area contributed by atoms with Gasteiger partial charge in [0.2, 0.25) is 0 Å². The fourth-order valence-corrected chi connectivity index (χ4v) is 2.51.